The number of carbonyl (C=O) groups is 1. The van der Waals surface area contributed by atoms with Gasteiger partial charge in [-0.05, 0) is 105 Å². The number of allylic oxidation sites excluding steroid dienone is 1. The number of nitrogens with one attached hydrogen (secondary N) is 1. The molecule has 3 N–H and O–H groups in total. The van der Waals surface area contributed by atoms with Gasteiger partial charge in [0.1, 0.15) is 11.4 Å². The molecule has 2 aromatic carbocycles. The van der Waals surface area contributed by atoms with Crippen molar-refractivity contribution < 1.29 is 28.2 Å². The molecular weight excluding hydrogens is 588 g/mol. The monoisotopic (exact) mass is 628 g/mol. The number of hydrogen-bond acceptors (Lipinski definition) is 7. The molecule has 2 bridgehead atoms. The van der Waals surface area contributed by atoms with Crippen LogP contribution in [-0.4, -0.2) is 61.7 Å². The number of fused-ring (bicyclic) bond motifs is 4. The van der Waals surface area contributed by atoms with Gasteiger partial charge in [-0.3, -0.25) is 4.79 Å². The largest absolute Gasteiger partial charge is 0.490 e. The number of hydrogen-bond donors (Lipinski definition) is 3. The van der Waals surface area contributed by atoms with Crippen molar-refractivity contribution in [2.45, 2.75) is 68.6 Å². The molecule has 1 fully saturated rings. The smallest absolute Gasteiger partial charge is 0.264 e. The molecule has 2 aliphatic heterocycles. The molecule has 0 radical (unpaired) electrons. The van der Waals surface area contributed by atoms with Gasteiger partial charge in [0.2, 0.25) is 10.0 Å². The summed E-state index contributed by atoms with van der Waals surface area (Å²) in [7, 11) is -3.98. The third-order valence-corrected chi connectivity index (χ3v) is 12.7. The molecule has 0 saturated heterocycles. The van der Waals surface area contributed by atoms with Crippen molar-refractivity contribution >= 4 is 33.2 Å². The third-order valence-electron chi connectivity index (χ3n) is 10.5. The van der Waals surface area contributed by atoms with Crippen LogP contribution in [0.2, 0.25) is 5.02 Å². The van der Waals surface area contributed by atoms with Crippen LogP contribution in [0.4, 0.5) is 5.69 Å². The number of aryl methyl sites for hydroxylation is 1. The summed E-state index contributed by atoms with van der Waals surface area (Å²) in [5, 5.41) is 21.8. The average Bonchev–Trinajstić information content (AvgIpc) is 3.11. The van der Waals surface area contributed by atoms with Crippen LogP contribution in [0.15, 0.2) is 48.6 Å². The average molecular weight is 629 g/mol. The Hall–Kier alpha value is -2.59. The fraction of sp³-hybridized carbons (Fsp3) is 0.545. The van der Waals surface area contributed by atoms with Gasteiger partial charge in [0.05, 0.1) is 24.2 Å². The number of nitrogens with zero attached hydrogens (tertiary/aromatic N) is 1. The highest BCUT2D eigenvalue weighted by Gasteiger charge is 2.48. The number of ether oxygens (including phenoxy) is 1. The Morgan fingerprint density at radius 3 is 2.72 bits per heavy atom. The van der Waals surface area contributed by atoms with Gasteiger partial charge in [0.15, 0.2) is 0 Å². The van der Waals surface area contributed by atoms with Crippen molar-refractivity contribution in [2.75, 3.05) is 31.2 Å². The standard InChI is InChI=1S/C33H41ClN2O6S/c1-21-5-3-14-33(39,19-37)28-10-7-25(28)17-36-18-32(13-4-6-23-15-26(34)9-11-27(23)32)20-42-30-12-8-24(16-29(30)36)31(38)35-43(40,41)22(21)2/h3,8-9,11-12,14-16,21-22,25,28,37,39H,4-7,10,13,17-20H2,1-2H3,(H,35,38)/b14-3+/t21-,22+,25-,28+,32-,33+/m0/s1. The van der Waals surface area contributed by atoms with Crippen molar-refractivity contribution in [1.82, 2.24) is 4.72 Å². The molecule has 2 heterocycles. The van der Waals surface area contributed by atoms with Crippen molar-refractivity contribution in [3.8, 4) is 5.75 Å². The van der Waals surface area contributed by atoms with E-state index in [1.807, 2.05) is 12.1 Å². The van der Waals surface area contributed by atoms with Crippen LogP contribution in [0.25, 0.3) is 0 Å². The molecule has 2 aromatic rings. The second-order valence-electron chi connectivity index (χ2n) is 13.2. The summed E-state index contributed by atoms with van der Waals surface area (Å²) in [5.41, 5.74) is 1.68. The van der Waals surface area contributed by atoms with Crippen LogP contribution in [-0.2, 0) is 21.9 Å². The topological polar surface area (TPSA) is 116 Å². The minimum absolute atomic E-state index is 0.0974. The Morgan fingerprint density at radius 1 is 1.16 bits per heavy atom. The zero-order chi connectivity index (χ0) is 30.6. The predicted molar refractivity (Wildman–Crippen MR) is 167 cm³/mol. The second-order valence-corrected chi connectivity index (χ2v) is 15.7. The van der Waals surface area contributed by atoms with Crippen molar-refractivity contribution in [1.29, 1.82) is 0 Å². The number of amides is 1. The number of halogens is 1. The number of rotatable bonds is 1. The van der Waals surface area contributed by atoms with E-state index >= 15 is 0 Å². The van der Waals surface area contributed by atoms with Gasteiger partial charge >= 0.3 is 0 Å². The molecule has 1 saturated carbocycles. The number of anilines is 1. The number of benzene rings is 2. The van der Waals surface area contributed by atoms with Crippen LogP contribution in [0, 0.1) is 17.8 Å². The SMILES string of the molecule is C[C@@H]1[C@@H](C)C/C=C/[C@@](O)(CO)[C@@H]2CC[C@H]2CN2C[C@@]3(CCCc4cc(Cl)ccc43)COc3ccc(cc32)C(=O)NS1(=O)=O. The summed E-state index contributed by atoms with van der Waals surface area (Å²) in [6.07, 6.45) is 8.34. The second kappa shape index (κ2) is 11.4. The van der Waals surface area contributed by atoms with E-state index in [0.29, 0.717) is 36.9 Å². The summed E-state index contributed by atoms with van der Waals surface area (Å²) >= 11 is 6.38. The Bertz CT molecular complexity index is 1550. The third kappa shape index (κ3) is 5.58. The summed E-state index contributed by atoms with van der Waals surface area (Å²) < 4.78 is 35.2. The Morgan fingerprint density at radius 2 is 1.98 bits per heavy atom. The first-order valence-corrected chi connectivity index (χ1v) is 17.2. The first kappa shape index (κ1) is 30.4. The van der Waals surface area contributed by atoms with E-state index in [-0.39, 0.29) is 28.7 Å². The molecule has 1 amide bonds. The molecule has 4 aliphatic rings. The van der Waals surface area contributed by atoms with E-state index in [9.17, 15) is 23.4 Å². The molecule has 10 heteroatoms. The maximum atomic E-state index is 13.4. The van der Waals surface area contributed by atoms with E-state index in [0.717, 1.165) is 37.8 Å². The van der Waals surface area contributed by atoms with Gasteiger partial charge in [-0.2, -0.15) is 0 Å². The van der Waals surface area contributed by atoms with Crippen LogP contribution in [0.3, 0.4) is 0 Å². The Labute approximate surface area is 259 Å². The van der Waals surface area contributed by atoms with Crippen molar-refractivity contribution in [3.05, 3.63) is 70.3 Å². The van der Waals surface area contributed by atoms with E-state index in [1.54, 1.807) is 44.2 Å². The van der Waals surface area contributed by atoms with Crippen LogP contribution < -0.4 is 14.4 Å². The van der Waals surface area contributed by atoms with Crippen molar-refractivity contribution in [2.24, 2.45) is 17.8 Å². The van der Waals surface area contributed by atoms with Gasteiger partial charge in [0, 0.05) is 29.1 Å². The quantitative estimate of drug-likeness (QED) is 0.395. The lowest BCUT2D eigenvalue weighted by Gasteiger charge is -2.48. The van der Waals surface area contributed by atoms with E-state index in [2.05, 4.69) is 15.7 Å². The highest BCUT2D eigenvalue weighted by atomic mass is 35.5. The number of aliphatic hydroxyl groups is 2. The van der Waals surface area contributed by atoms with Crippen LogP contribution in [0.5, 0.6) is 5.75 Å². The normalized spacial score (nSPS) is 34.5. The molecule has 43 heavy (non-hydrogen) atoms. The zero-order valence-corrected chi connectivity index (χ0v) is 26.3. The summed E-state index contributed by atoms with van der Waals surface area (Å²) in [6.45, 7) is 4.65. The van der Waals surface area contributed by atoms with Crippen LogP contribution >= 0.6 is 11.6 Å². The molecule has 1 spiro atoms. The molecule has 6 rings (SSSR count). The summed E-state index contributed by atoms with van der Waals surface area (Å²) in [6, 6.07) is 11.2. The lowest BCUT2D eigenvalue weighted by Crippen LogP contribution is -2.53. The lowest BCUT2D eigenvalue weighted by atomic mass is 9.64. The first-order chi connectivity index (χ1) is 20.4. The maximum Gasteiger partial charge on any atom is 0.264 e. The molecule has 0 unspecified atom stereocenters. The van der Waals surface area contributed by atoms with Crippen LogP contribution in [0.1, 0.15) is 67.4 Å². The molecule has 2 aliphatic carbocycles. The summed E-state index contributed by atoms with van der Waals surface area (Å²) in [5.74, 6) is -0.424. The highest BCUT2D eigenvalue weighted by molar-refractivity contribution is 7.90. The predicted octanol–water partition coefficient (Wildman–Crippen LogP) is 4.61. The minimum atomic E-state index is -3.98. The van der Waals surface area contributed by atoms with Gasteiger partial charge in [-0.1, -0.05) is 36.7 Å². The zero-order valence-electron chi connectivity index (χ0n) is 24.8. The fourth-order valence-corrected chi connectivity index (χ4v) is 9.02. The van der Waals surface area contributed by atoms with Crippen molar-refractivity contribution in [3.63, 3.8) is 0 Å². The van der Waals surface area contributed by atoms with E-state index < -0.39 is 33.4 Å². The number of aliphatic hydroxyl groups excluding tert-OH is 1. The molecular formula is C33H41ClN2O6S. The minimum Gasteiger partial charge on any atom is -0.490 e. The molecule has 8 nitrogen and oxygen atoms in total. The molecule has 0 aromatic heterocycles. The Kier molecular flexibility index (Phi) is 8.07. The lowest BCUT2D eigenvalue weighted by molar-refractivity contribution is -0.0770. The van der Waals surface area contributed by atoms with E-state index in [4.69, 9.17) is 16.3 Å². The summed E-state index contributed by atoms with van der Waals surface area (Å²) in [4.78, 5) is 15.6. The fourth-order valence-electron chi connectivity index (χ4n) is 7.54. The number of carbonyl (C=O) groups excluding carboxylic acids is 1. The molecule has 232 valence electrons. The van der Waals surface area contributed by atoms with Gasteiger partial charge in [-0.15, -0.1) is 0 Å². The number of sulfonamides is 1. The van der Waals surface area contributed by atoms with Gasteiger partial charge < -0.3 is 19.8 Å². The van der Waals surface area contributed by atoms with Gasteiger partial charge in [-0.25, -0.2) is 13.1 Å². The Balaban J connectivity index is 1.45. The van der Waals surface area contributed by atoms with Gasteiger partial charge in [0.25, 0.3) is 5.91 Å². The molecule has 6 atom stereocenters. The highest BCUT2D eigenvalue weighted by Crippen LogP contribution is 2.48. The van der Waals surface area contributed by atoms with E-state index in [1.165, 1.54) is 11.1 Å². The first-order valence-electron chi connectivity index (χ1n) is 15.3. The maximum absolute atomic E-state index is 13.4.